The second-order valence-corrected chi connectivity index (χ2v) is 2.60. The van der Waals surface area contributed by atoms with E-state index >= 15 is 0 Å². The van der Waals surface area contributed by atoms with Gasteiger partial charge in [-0.25, -0.2) is 0 Å². The molecule has 1 saturated heterocycles. The number of hydrogen-bond donors (Lipinski definition) is 1. The van der Waals surface area contributed by atoms with E-state index in [9.17, 15) is 0 Å². The molecule has 0 bridgehead atoms. The molecule has 0 amide bonds. The minimum atomic E-state index is 0.759. The SMILES string of the molecule is CC1N[C@H](C)C1C. The van der Waals surface area contributed by atoms with E-state index in [1.54, 1.807) is 0 Å². The standard InChI is InChI=1S/C6H13N/c1-4-5(2)7-6(4)3/h4-7H,1-3H3/t4?,5-,6?/m1/s1. The number of nitrogens with one attached hydrogen (secondary N) is 1. The van der Waals surface area contributed by atoms with E-state index in [1.807, 2.05) is 0 Å². The fraction of sp³-hybridized carbons (Fsp3) is 1.00. The molecule has 0 aromatic rings. The number of hydrogen-bond acceptors (Lipinski definition) is 1. The summed E-state index contributed by atoms with van der Waals surface area (Å²) in [4.78, 5) is 0. The number of rotatable bonds is 0. The molecule has 0 aliphatic carbocycles. The summed E-state index contributed by atoms with van der Waals surface area (Å²) < 4.78 is 0. The van der Waals surface area contributed by atoms with Gasteiger partial charge in [0.1, 0.15) is 0 Å². The molecule has 1 N–H and O–H groups in total. The molecule has 42 valence electrons. The van der Waals surface area contributed by atoms with Crippen molar-refractivity contribution in [1.82, 2.24) is 5.32 Å². The van der Waals surface area contributed by atoms with Crippen molar-refractivity contribution in [3.05, 3.63) is 0 Å². The Hall–Kier alpha value is -0.0400. The fourth-order valence-electron chi connectivity index (χ4n) is 1.03. The van der Waals surface area contributed by atoms with Gasteiger partial charge in [-0.3, -0.25) is 0 Å². The van der Waals surface area contributed by atoms with Crippen LogP contribution in [-0.4, -0.2) is 12.1 Å². The summed E-state index contributed by atoms with van der Waals surface area (Å²) in [6.07, 6.45) is 0. The van der Waals surface area contributed by atoms with Crippen molar-refractivity contribution >= 4 is 0 Å². The van der Waals surface area contributed by atoms with Crippen molar-refractivity contribution in [3.8, 4) is 0 Å². The lowest BCUT2D eigenvalue weighted by atomic mass is 9.87. The van der Waals surface area contributed by atoms with E-state index < -0.39 is 0 Å². The Morgan fingerprint density at radius 2 is 1.43 bits per heavy atom. The molecule has 0 radical (unpaired) electrons. The molecule has 0 aromatic heterocycles. The zero-order valence-electron chi connectivity index (χ0n) is 5.23. The zero-order chi connectivity index (χ0) is 5.44. The van der Waals surface area contributed by atoms with Crippen LogP contribution in [0.1, 0.15) is 20.8 Å². The highest BCUT2D eigenvalue weighted by atomic mass is 15.0. The van der Waals surface area contributed by atoms with Gasteiger partial charge in [0.05, 0.1) is 0 Å². The first-order chi connectivity index (χ1) is 3.22. The third kappa shape index (κ3) is 0.653. The summed E-state index contributed by atoms with van der Waals surface area (Å²) >= 11 is 0. The molecule has 1 fully saturated rings. The van der Waals surface area contributed by atoms with Gasteiger partial charge in [-0.1, -0.05) is 6.92 Å². The van der Waals surface area contributed by atoms with Gasteiger partial charge in [0, 0.05) is 12.1 Å². The van der Waals surface area contributed by atoms with Gasteiger partial charge in [-0.15, -0.1) is 0 Å². The van der Waals surface area contributed by atoms with Crippen LogP contribution < -0.4 is 5.32 Å². The molecule has 1 heteroatoms. The van der Waals surface area contributed by atoms with E-state index in [4.69, 9.17) is 0 Å². The van der Waals surface area contributed by atoms with Crippen LogP contribution in [0.2, 0.25) is 0 Å². The van der Waals surface area contributed by atoms with Gasteiger partial charge in [0.25, 0.3) is 0 Å². The van der Waals surface area contributed by atoms with Crippen LogP contribution in [0.3, 0.4) is 0 Å². The highest BCUT2D eigenvalue weighted by Gasteiger charge is 2.28. The molecule has 0 saturated carbocycles. The summed E-state index contributed by atoms with van der Waals surface area (Å²) in [6, 6.07) is 1.52. The van der Waals surface area contributed by atoms with Crippen LogP contribution >= 0.6 is 0 Å². The van der Waals surface area contributed by atoms with Crippen molar-refractivity contribution < 1.29 is 0 Å². The molecule has 1 heterocycles. The fourth-order valence-corrected chi connectivity index (χ4v) is 1.03. The molecule has 3 atom stereocenters. The van der Waals surface area contributed by atoms with Crippen LogP contribution in [-0.2, 0) is 0 Å². The first kappa shape index (κ1) is 5.10. The molecule has 1 rings (SSSR count). The Balaban J connectivity index is 2.29. The van der Waals surface area contributed by atoms with Gasteiger partial charge < -0.3 is 5.32 Å². The third-order valence-corrected chi connectivity index (χ3v) is 2.10. The Labute approximate surface area is 45.1 Å². The topological polar surface area (TPSA) is 12.0 Å². The lowest BCUT2D eigenvalue weighted by Crippen LogP contribution is -2.56. The molecule has 0 aromatic carbocycles. The Morgan fingerprint density at radius 1 is 1.00 bits per heavy atom. The highest BCUT2D eigenvalue weighted by molar-refractivity contribution is 4.88. The monoisotopic (exact) mass is 99.1 g/mol. The van der Waals surface area contributed by atoms with Crippen molar-refractivity contribution in [2.75, 3.05) is 0 Å². The minimum absolute atomic E-state index is 0.759. The second-order valence-electron chi connectivity index (χ2n) is 2.60. The Morgan fingerprint density at radius 3 is 1.43 bits per heavy atom. The summed E-state index contributed by atoms with van der Waals surface area (Å²) in [6.45, 7) is 6.74. The predicted molar refractivity (Wildman–Crippen MR) is 31.2 cm³/mol. The van der Waals surface area contributed by atoms with Crippen LogP contribution in [0.15, 0.2) is 0 Å². The van der Waals surface area contributed by atoms with E-state index in [1.165, 1.54) is 0 Å². The minimum Gasteiger partial charge on any atom is -0.311 e. The van der Waals surface area contributed by atoms with Gasteiger partial charge in [0.15, 0.2) is 0 Å². The molecule has 1 aliphatic rings. The van der Waals surface area contributed by atoms with Gasteiger partial charge >= 0.3 is 0 Å². The van der Waals surface area contributed by atoms with Crippen molar-refractivity contribution in [3.63, 3.8) is 0 Å². The summed E-state index contributed by atoms with van der Waals surface area (Å²) in [5.41, 5.74) is 0. The van der Waals surface area contributed by atoms with E-state index in [2.05, 4.69) is 26.1 Å². The first-order valence-electron chi connectivity index (χ1n) is 2.98. The van der Waals surface area contributed by atoms with Gasteiger partial charge in [0.2, 0.25) is 0 Å². The van der Waals surface area contributed by atoms with Gasteiger partial charge in [-0.05, 0) is 19.8 Å². The highest BCUT2D eigenvalue weighted by Crippen LogP contribution is 2.18. The van der Waals surface area contributed by atoms with Crippen LogP contribution in [0.5, 0.6) is 0 Å². The van der Waals surface area contributed by atoms with E-state index in [0.29, 0.717) is 0 Å². The van der Waals surface area contributed by atoms with Crippen LogP contribution in [0, 0.1) is 5.92 Å². The molecule has 0 spiro atoms. The predicted octanol–water partition coefficient (Wildman–Crippen LogP) is 1.00. The molecular formula is C6H13N. The van der Waals surface area contributed by atoms with E-state index in [0.717, 1.165) is 18.0 Å². The van der Waals surface area contributed by atoms with Crippen LogP contribution in [0.4, 0.5) is 0 Å². The smallest absolute Gasteiger partial charge is 0.00817 e. The van der Waals surface area contributed by atoms with Crippen LogP contribution in [0.25, 0.3) is 0 Å². The largest absolute Gasteiger partial charge is 0.311 e. The van der Waals surface area contributed by atoms with Crippen molar-refractivity contribution in [2.45, 2.75) is 32.9 Å². The molecule has 1 nitrogen and oxygen atoms in total. The van der Waals surface area contributed by atoms with Crippen molar-refractivity contribution in [1.29, 1.82) is 0 Å². The maximum atomic E-state index is 3.36. The van der Waals surface area contributed by atoms with Gasteiger partial charge in [-0.2, -0.15) is 0 Å². The maximum absolute atomic E-state index is 3.36. The zero-order valence-corrected chi connectivity index (χ0v) is 5.23. The first-order valence-corrected chi connectivity index (χ1v) is 2.98. The lowest BCUT2D eigenvalue weighted by molar-refractivity contribution is 0.190. The Kier molecular flexibility index (Phi) is 1.08. The average Bonchev–Trinajstić information content (AvgIpc) is 1.68. The quantitative estimate of drug-likeness (QED) is 0.478. The molecule has 7 heavy (non-hydrogen) atoms. The summed E-state index contributed by atoms with van der Waals surface area (Å²) in [7, 11) is 0. The molecule has 1 aliphatic heterocycles. The summed E-state index contributed by atoms with van der Waals surface area (Å²) in [5, 5.41) is 3.36. The lowest BCUT2D eigenvalue weighted by Gasteiger charge is -2.40. The average molecular weight is 99.2 g/mol. The van der Waals surface area contributed by atoms with Crippen molar-refractivity contribution in [2.24, 2.45) is 5.92 Å². The molecule has 2 unspecified atom stereocenters. The third-order valence-electron chi connectivity index (χ3n) is 2.10. The molecular weight excluding hydrogens is 86.1 g/mol. The van der Waals surface area contributed by atoms with E-state index in [-0.39, 0.29) is 0 Å². The maximum Gasteiger partial charge on any atom is 0.00817 e. The normalized spacial score (nSPS) is 51.0. The Bertz CT molecular complexity index is 62.6. The second kappa shape index (κ2) is 1.48. The summed E-state index contributed by atoms with van der Waals surface area (Å²) in [5.74, 6) is 0.889.